The van der Waals surface area contributed by atoms with Gasteiger partial charge in [0.25, 0.3) is 0 Å². The molecule has 2 atom stereocenters. The van der Waals surface area contributed by atoms with Crippen molar-refractivity contribution in [2.24, 2.45) is 5.92 Å². The summed E-state index contributed by atoms with van der Waals surface area (Å²) >= 11 is 0. The highest BCUT2D eigenvalue weighted by Gasteiger charge is 2.37. The molecule has 3 rings (SSSR count). The van der Waals surface area contributed by atoms with E-state index in [1.807, 2.05) is 0 Å². The Hall–Kier alpha value is -2.04. The molecular weight excluding hydrogens is 220 g/mol. The normalized spacial score (nSPS) is 22.9. The van der Waals surface area contributed by atoms with E-state index in [1.54, 1.807) is 16.7 Å². The highest BCUT2D eigenvalue weighted by Crippen LogP contribution is 2.43. The third-order valence-corrected chi connectivity index (χ3v) is 3.37. The highest BCUT2D eigenvalue weighted by atomic mass is 16.4. The van der Waals surface area contributed by atoms with Gasteiger partial charge in [0.15, 0.2) is 0 Å². The fourth-order valence-electron chi connectivity index (χ4n) is 2.33. The fraction of sp³-hybridized carbons (Fsp3) is 0.333. The molecule has 1 saturated carbocycles. The van der Waals surface area contributed by atoms with Crippen molar-refractivity contribution in [3.05, 3.63) is 34.2 Å². The summed E-state index contributed by atoms with van der Waals surface area (Å²) < 4.78 is 1.59. The predicted molar refractivity (Wildman–Crippen MR) is 62.3 cm³/mol. The first kappa shape index (κ1) is 10.1. The Morgan fingerprint density at radius 2 is 2.24 bits per heavy atom. The highest BCUT2D eigenvalue weighted by molar-refractivity contribution is 6.01. The van der Waals surface area contributed by atoms with E-state index in [0.29, 0.717) is 17.0 Å². The summed E-state index contributed by atoms with van der Waals surface area (Å²) in [4.78, 5) is 25.7. The lowest BCUT2D eigenvalue weighted by Gasteiger charge is -2.03. The maximum atomic E-state index is 11.9. The molecule has 1 aromatic carbocycles. The number of hydrogen-bond acceptors (Lipinski definition) is 2. The van der Waals surface area contributed by atoms with Crippen molar-refractivity contribution >= 4 is 17.0 Å². The number of aromatic amines is 1. The van der Waals surface area contributed by atoms with Gasteiger partial charge in [-0.3, -0.25) is 4.57 Å². The lowest BCUT2D eigenvalue weighted by molar-refractivity contribution is 0.0698. The van der Waals surface area contributed by atoms with Gasteiger partial charge in [-0.05, 0) is 24.5 Å². The number of H-pyrrole nitrogens is 1. The molecule has 0 spiro atoms. The average molecular weight is 232 g/mol. The van der Waals surface area contributed by atoms with Crippen LogP contribution < -0.4 is 5.69 Å². The Labute approximate surface area is 96.7 Å². The Morgan fingerprint density at radius 3 is 2.82 bits per heavy atom. The van der Waals surface area contributed by atoms with Crippen LogP contribution >= 0.6 is 0 Å². The van der Waals surface area contributed by atoms with E-state index in [9.17, 15) is 9.59 Å². The molecule has 0 bridgehead atoms. The quantitative estimate of drug-likeness (QED) is 0.825. The van der Waals surface area contributed by atoms with Gasteiger partial charge < -0.3 is 10.1 Å². The summed E-state index contributed by atoms with van der Waals surface area (Å²) in [5.74, 6) is -0.565. The first-order valence-corrected chi connectivity index (χ1v) is 5.56. The number of carbonyl (C=O) groups is 1. The standard InChI is InChI=1S/C12H12N2O3/c1-6-5-9(6)14-10-7(11(15)16)3-2-4-8(10)13-12(14)17/h2-4,6,9H,5H2,1H3,(H,13,17)(H,15,16). The molecule has 17 heavy (non-hydrogen) atoms. The Bertz CT molecular complexity index is 668. The van der Waals surface area contributed by atoms with E-state index in [1.165, 1.54) is 6.07 Å². The minimum absolute atomic E-state index is 0.136. The molecule has 1 fully saturated rings. The number of hydrogen-bond donors (Lipinski definition) is 2. The number of aromatic nitrogens is 2. The van der Waals surface area contributed by atoms with Crippen molar-refractivity contribution in [3.63, 3.8) is 0 Å². The molecular formula is C12H12N2O3. The van der Waals surface area contributed by atoms with Crippen LogP contribution in [0.2, 0.25) is 0 Å². The molecule has 2 N–H and O–H groups in total. The van der Waals surface area contributed by atoms with Gasteiger partial charge in [-0.15, -0.1) is 0 Å². The van der Waals surface area contributed by atoms with Crippen LogP contribution in [-0.2, 0) is 0 Å². The van der Waals surface area contributed by atoms with Gasteiger partial charge in [0.05, 0.1) is 16.6 Å². The second-order valence-electron chi connectivity index (χ2n) is 4.59. The molecule has 1 aliphatic carbocycles. The Balaban J connectivity index is 2.37. The SMILES string of the molecule is CC1CC1n1c(=O)[nH]c2cccc(C(=O)O)c21. The zero-order valence-electron chi connectivity index (χ0n) is 9.30. The lowest BCUT2D eigenvalue weighted by Crippen LogP contribution is -2.17. The van der Waals surface area contributed by atoms with Crippen molar-refractivity contribution in [2.45, 2.75) is 19.4 Å². The summed E-state index contributed by atoms with van der Waals surface area (Å²) in [6.45, 7) is 2.05. The van der Waals surface area contributed by atoms with Crippen LogP contribution in [0.1, 0.15) is 29.7 Å². The summed E-state index contributed by atoms with van der Waals surface area (Å²) in [5, 5.41) is 9.16. The van der Waals surface area contributed by atoms with Gasteiger partial charge >= 0.3 is 11.7 Å². The topological polar surface area (TPSA) is 75.1 Å². The van der Waals surface area contributed by atoms with Gasteiger partial charge in [0, 0.05) is 6.04 Å². The summed E-state index contributed by atoms with van der Waals surface area (Å²) in [7, 11) is 0. The van der Waals surface area contributed by atoms with Crippen molar-refractivity contribution in [2.75, 3.05) is 0 Å². The van der Waals surface area contributed by atoms with Crippen molar-refractivity contribution in [1.29, 1.82) is 0 Å². The fourth-order valence-corrected chi connectivity index (χ4v) is 2.33. The van der Waals surface area contributed by atoms with Crippen molar-refractivity contribution in [1.82, 2.24) is 9.55 Å². The molecule has 1 aliphatic rings. The first-order chi connectivity index (χ1) is 8.09. The number of fused-ring (bicyclic) bond motifs is 1. The second kappa shape index (κ2) is 3.23. The summed E-state index contributed by atoms with van der Waals surface area (Å²) in [5.41, 5.74) is 1.07. The molecule has 0 radical (unpaired) electrons. The number of rotatable bonds is 2. The monoisotopic (exact) mass is 232 g/mol. The van der Waals surface area contributed by atoms with Gasteiger partial charge in [-0.1, -0.05) is 13.0 Å². The maximum absolute atomic E-state index is 11.9. The van der Waals surface area contributed by atoms with Crippen molar-refractivity contribution < 1.29 is 9.90 Å². The average Bonchev–Trinajstić information content (AvgIpc) is 2.88. The number of nitrogens with zero attached hydrogens (tertiary/aromatic N) is 1. The number of para-hydroxylation sites is 1. The van der Waals surface area contributed by atoms with Gasteiger partial charge in [0.2, 0.25) is 0 Å². The molecule has 5 heteroatoms. The van der Waals surface area contributed by atoms with Crippen LogP contribution in [-0.4, -0.2) is 20.6 Å². The third kappa shape index (κ3) is 1.39. The van der Waals surface area contributed by atoms with E-state index in [4.69, 9.17) is 5.11 Å². The molecule has 0 saturated heterocycles. The van der Waals surface area contributed by atoms with Crippen LogP contribution in [0.5, 0.6) is 0 Å². The molecule has 0 aliphatic heterocycles. The molecule has 5 nitrogen and oxygen atoms in total. The summed E-state index contributed by atoms with van der Waals surface area (Å²) in [6, 6.07) is 5.04. The third-order valence-electron chi connectivity index (χ3n) is 3.37. The molecule has 88 valence electrons. The van der Waals surface area contributed by atoms with E-state index in [-0.39, 0.29) is 17.3 Å². The molecule has 1 heterocycles. The van der Waals surface area contributed by atoms with Crippen LogP contribution in [0.15, 0.2) is 23.0 Å². The number of carboxylic acid groups (broad SMARTS) is 1. The van der Waals surface area contributed by atoms with Gasteiger partial charge in [-0.2, -0.15) is 0 Å². The Morgan fingerprint density at radius 1 is 1.53 bits per heavy atom. The van der Waals surface area contributed by atoms with E-state index in [2.05, 4.69) is 11.9 Å². The first-order valence-electron chi connectivity index (χ1n) is 5.56. The zero-order chi connectivity index (χ0) is 12.2. The minimum atomic E-state index is -1.00. The van der Waals surface area contributed by atoms with E-state index >= 15 is 0 Å². The predicted octanol–water partition coefficient (Wildman–Crippen LogP) is 1.61. The second-order valence-corrected chi connectivity index (χ2v) is 4.59. The van der Waals surface area contributed by atoms with Crippen molar-refractivity contribution in [3.8, 4) is 0 Å². The largest absolute Gasteiger partial charge is 0.478 e. The number of imidazole rings is 1. The van der Waals surface area contributed by atoms with Crippen LogP contribution in [0.4, 0.5) is 0 Å². The van der Waals surface area contributed by atoms with Crippen LogP contribution in [0.3, 0.4) is 0 Å². The van der Waals surface area contributed by atoms with Gasteiger partial charge in [-0.25, -0.2) is 9.59 Å². The number of carboxylic acids is 1. The van der Waals surface area contributed by atoms with Gasteiger partial charge in [0.1, 0.15) is 0 Å². The van der Waals surface area contributed by atoms with Crippen LogP contribution in [0.25, 0.3) is 11.0 Å². The smallest absolute Gasteiger partial charge is 0.337 e. The molecule has 1 aromatic heterocycles. The van der Waals surface area contributed by atoms with E-state index in [0.717, 1.165) is 6.42 Å². The number of benzene rings is 1. The van der Waals surface area contributed by atoms with Crippen LogP contribution in [0, 0.1) is 5.92 Å². The summed E-state index contributed by atoms with van der Waals surface area (Å²) in [6.07, 6.45) is 0.931. The maximum Gasteiger partial charge on any atom is 0.337 e. The minimum Gasteiger partial charge on any atom is -0.478 e. The number of nitrogens with one attached hydrogen (secondary N) is 1. The molecule has 0 amide bonds. The lowest BCUT2D eigenvalue weighted by atomic mass is 10.2. The van der Waals surface area contributed by atoms with E-state index < -0.39 is 5.97 Å². The zero-order valence-corrected chi connectivity index (χ0v) is 9.30. The number of aromatic carboxylic acids is 1. The molecule has 2 unspecified atom stereocenters. The molecule has 2 aromatic rings. The Kier molecular flexibility index (Phi) is 1.92.